The van der Waals surface area contributed by atoms with Crippen molar-refractivity contribution in [2.45, 2.75) is 98.1 Å². The van der Waals surface area contributed by atoms with E-state index >= 15 is 0 Å². The molecule has 1 saturated heterocycles. The van der Waals surface area contributed by atoms with Crippen LogP contribution in [0.25, 0.3) is 21.7 Å². The van der Waals surface area contributed by atoms with Gasteiger partial charge in [0, 0.05) is 46.6 Å². The average Bonchev–Trinajstić information content (AvgIpc) is 3.94. The zero-order valence-corrected chi connectivity index (χ0v) is 38.7. The third-order valence-electron chi connectivity index (χ3n) is 15.2. The van der Waals surface area contributed by atoms with Crippen molar-refractivity contribution in [3.63, 3.8) is 0 Å². The van der Waals surface area contributed by atoms with Gasteiger partial charge in [-0.1, -0.05) is 161 Å². The van der Waals surface area contributed by atoms with Crippen LogP contribution in [0.3, 0.4) is 0 Å². The van der Waals surface area contributed by atoms with E-state index in [9.17, 15) is 0 Å². The van der Waals surface area contributed by atoms with Crippen molar-refractivity contribution in [1.82, 2.24) is 16.0 Å². The monoisotopic (exact) mass is 865 g/mol. The van der Waals surface area contributed by atoms with Gasteiger partial charge < -0.3 is 0 Å². The molecule has 1 fully saturated rings. The van der Waals surface area contributed by atoms with E-state index in [0.29, 0.717) is 17.1 Å². The molecule has 10 unspecified atom stereocenters. The van der Waals surface area contributed by atoms with Gasteiger partial charge in [0.1, 0.15) is 0 Å². The Kier molecular flexibility index (Phi) is 9.35. The van der Waals surface area contributed by atoms with Crippen LogP contribution in [0.1, 0.15) is 92.7 Å². The molecular formula is C56H55N3S3. The first-order valence-electron chi connectivity index (χ1n) is 22.8. The predicted octanol–water partition coefficient (Wildman–Crippen LogP) is 13.4. The quantitative estimate of drug-likeness (QED) is 0.186. The molecule has 0 bridgehead atoms. The van der Waals surface area contributed by atoms with Crippen molar-refractivity contribution >= 4 is 56.6 Å². The molecule has 3 N–H and O–H groups in total. The van der Waals surface area contributed by atoms with Gasteiger partial charge in [-0.15, -0.1) is 34.9 Å². The van der Waals surface area contributed by atoms with Gasteiger partial charge in [-0.05, 0) is 105 Å². The number of thioether (sulfide) groups is 2. The lowest BCUT2D eigenvalue weighted by atomic mass is 9.71. The Bertz CT molecular complexity index is 2830. The molecule has 0 spiro atoms. The molecule has 0 saturated carbocycles. The molecule has 4 heterocycles. The van der Waals surface area contributed by atoms with Gasteiger partial charge in [-0.3, -0.25) is 16.0 Å². The van der Waals surface area contributed by atoms with Gasteiger partial charge in [0.15, 0.2) is 0 Å². The minimum atomic E-state index is -0.0969. The maximum Gasteiger partial charge on any atom is 0.0864 e. The van der Waals surface area contributed by atoms with Crippen molar-refractivity contribution in [3.8, 4) is 0 Å². The van der Waals surface area contributed by atoms with E-state index in [1.807, 2.05) is 23.1 Å². The number of nitrogens with one attached hydrogen (secondary N) is 3. The van der Waals surface area contributed by atoms with E-state index in [1.54, 1.807) is 10.5 Å². The van der Waals surface area contributed by atoms with E-state index in [1.165, 1.54) is 64.4 Å². The Hall–Kier alpha value is -4.14. The molecule has 5 aliphatic carbocycles. The van der Waals surface area contributed by atoms with Crippen LogP contribution in [-0.2, 0) is 10.8 Å². The van der Waals surface area contributed by atoms with Gasteiger partial charge in [-0.2, -0.15) is 0 Å². The summed E-state index contributed by atoms with van der Waals surface area (Å²) >= 11 is 6.19. The van der Waals surface area contributed by atoms with Gasteiger partial charge in [0.2, 0.25) is 0 Å². The number of benzene rings is 3. The molecule has 6 heteroatoms. The summed E-state index contributed by atoms with van der Waals surface area (Å²) in [5, 5.41) is 13.8. The molecule has 8 aliphatic rings. The summed E-state index contributed by atoms with van der Waals surface area (Å²) in [7, 11) is 0. The molecule has 12 rings (SSSR count). The van der Waals surface area contributed by atoms with Gasteiger partial charge in [0.05, 0.1) is 18.5 Å². The summed E-state index contributed by atoms with van der Waals surface area (Å²) in [4.78, 5) is 4.52. The largest absolute Gasteiger partial charge is 0.279 e. The van der Waals surface area contributed by atoms with Crippen LogP contribution in [0.2, 0.25) is 0 Å². The highest BCUT2D eigenvalue weighted by Crippen LogP contribution is 2.62. The molecule has 3 nitrogen and oxygen atoms in total. The average molecular weight is 866 g/mol. The highest BCUT2D eigenvalue weighted by atomic mass is 32.2. The predicted molar refractivity (Wildman–Crippen MR) is 266 cm³/mol. The topological polar surface area (TPSA) is 36.1 Å². The molecule has 312 valence electrons. The minimum Gasteiger partial charge on any atom is -0.279 e. The Morgan fingerprint density at radius 2 is 1.58 bits per heavy atom. The first-order valence-corrected chi connectivity index (χ1v) is 25.3. The van der Waals surface area contributed by atoms with Crippen LogP contribution >= 0.6 is 34.9 Å². The van der Waals surface area contributed by atoms with E-state index in [-0.39, 0.29) is 40.0 Å². The maximum absolute atomic E-state index is 4.02. The van der Waals surface area contributed by atoms with Crippen LogP contribution in [0, 0.1) is 17.8 Å². The fraction of sp³-hybridized carbons (Fsp3) is 0.321. The zero-order valence-electron chi connectivity index (χ0n) is 36.2. The van der Waals surface area contributed by atoms with Crippen molar-refractivity contribution in [3.05, 3.63) is 194 Å². The number of thiophene rings is 1. The summed E-state index contributed by atoms with van der Waals surface area (Å²) in [5.41, 5.74) is 12.6. The van der Waals surface area contributed by atoms with Crippen LogP contribution < -0.4 is 16.0 Å². The molecule has 0 amide bonds. The summed E-state index contributed by atoms with van der Waals surface area (Å²) in [6.07, 6.45) is 34.6. The number of allylic oxidation sites excluding steroid dienone is 11. The fourth-order valence-electron chi connectivity index (χ4n) is 11.6. The fourth-order valence-corrected chi connectivity index (χ4v) is 16.1. The van der Waals surface area contributed by atoms with Gasteiger partial charge >= 0.3 is 0 Å². The molecule has 3 aliphatic heterocycles. The first-order chi connectivity index (χ1) is 30.1. The standard InChI is InChI=1S/C56H55N3S3/c1-33-14-11-17-36(30-33)52-57-51(35-15-7-6-8-16-35)58-53(59-52)37-26-29-56(5)43(31-37)48-40(24-22-34(2)49(48)62-56)39-18-12-20-44-47(39)41-19-13-28-54(3,50(41)61-44)38-23-25-42-45(32-38)60-46-21-9-10-27-55(42,46)4/h6-13,15-21,23-27,29-34,43,46,51-53,57-59H,14,22,28H2,1-5H3. The Labute approximate surface area is 380 Å². The minimum absolute atomic E-state index is 0.0120. The summed E-state index contributed by atoms with van der Waals surface area (Å²) in [6, 6.07) is 25.4. The van der Waals surface area contributed by atoms with Gasteiger partial charge in [0.25, 0.3) is 0 Å². The third kappa shape index (κ3) is 6.11. The highest BCUT2D eigenvalue weighted by Gasteiger charge is 2.49. The number of hydrogen-bond acceptors (Lipinski definition) is 6. The Morgan fingerprint density at radius 1 is 0.758 bits per heavy atom. The van der Waals surface area contributed by atoms with Crippen molar-refractivity contribution in [1.29, 1.82) is 0 Å². The van der Waals surface area contributed by atoms with Crippen LogP contribution in [0.5, 0.6) is 0 Å². The molecule has 3 aromatic carbocycles. The summed E-state index contributed by atoms with van der Waals surface area (Å²) < 4.78 is 1.35. The van der Waals surface area contributed by atoms with E-state index in [2.05, 4.69) is 208 Å². The first kappa shape index (κ1) is 39.5. The number of rotatable bonds is 5. The lowest BCUT2D eigenvalue weighted by Gasteiger charge is -2.42. The Morgan fingerprint density at radius 3 is 2.42 bits per heavy atom. The summed E-state index contributed by atoms with van der Waals surface area (Å²) in [5.74, 6) is 1.27. The van der Waals surface area contributed by atoms with E-state index in [0.717, 1.165) is 19.3 Å². The van der Waals surface area contributed by atoms with E-state index < -0.39 is 0 Å². The smallest absolute Gasteiger partial charge is 0.0864 e. The Balaban J connectivity index is 0.920. The molecule has 1 aromatic heterocycles. The molecule has 0 radical (unpaired) electrons. The van der Waals surface area contributed by atoms with Crippen LogP contribution in [0.15, 0.2) is 166 Å². The van der Waals surface area contributed by atoms with E-state index in [4.69, 9.17) is 0 Å². The van der Waals surface area contributed by atoms with Crippen LogP contribution in [-0.4, -0.2) is 22.3 Å². The molecule has 10 atom stereocenters. The summed E-state index contributed by atoms with van der Waals surface area (Å²) in [6.45, 7) is 12.1. The molecule has 62 heavy (non-hydrogen) atoms. The van der Waals surface area contributed by atoms with Crippen molar-refractivity contribution in [2.75, 3.05) is 0 Å². The van der Waals surface area contributed by atoms with Gasteiger partial charge in [-0.25, -0.2) is 0 Å². The highest BCUT2D eigenvalue weighted by molar-refractivity contribution is 8.04. The molecular weight excluding hydrogens is 811 g/mol. The maximum atomic E-state index is 4.02. The van der Waals surface area contributed by atoms with Crippen molar-refractivity contribution in [2.24, 2.45) is 17.8 Å². The molecule has 4 aromatic rings. The normalized spacial score (nSPS) is 35.2. The lowest BCUT2D eigenvalue weighted by Crippen LogP contribution is -2.64. The second kappa shape index (κ2) is 14.7. The van der Waals surface area contributed by atoms with Crippen molar-refractivity contribution < 1.29 is 0 Å². The number of fused-ring (bicyclic) bond motifs is 8. The SMILES string of the molecule is CC1C=C(C2NC(C3=CC4C5=C(SC4(C)C=C3)C(C)CC=C5c3cccc4sc5c(c34)C=CCC5(C)c3ccc4c(c3)SC3C=CC=CC43C)NC(c3ccccc3)N2)C=CC1. The second-order valence-electron chi connectivity index (χ2n) is 19.5. The number of hydrogen-bond donors (Lipinski definition) is 3. The second-order valence-corrected chi connectivity index (χ2v) is 23.3. The zero-order chi connectivity index (χ0) is 42.0. The lowest BCUT2D eigenvalue weighted by molar-refractivity contribution is 0.244. The third-order valence-corrected chi connectivity index (χ3v) is 19.8. The van der Waals surface area contributed by atoms with Crippen LogP contribution in [0.4, 0.5) is 0 Å².